The third-order valence-corrected chi connectivity index (χ3v) is 7.89. The number of amides is 1. The number of hydrogen-bond donors (Lipinski definition) is 1. The fourth-order valence-electron chi connectivity index (χ4n) is 4.18. The molecule has 0 spiro atoms. The SMILES string of the molecule is CCCCOc1ccc(C2C(C(=O)c3cccs3)=C(O)C(=O)N2c2nc3ccc(F)cc3s2)cc1OC. The molecule has 7 nitrogen and oxygen atoms in total. The van der Waals surface area contributed by atoms with Crippen molar-refractivity contribution in [1.29, 1.82) is 0 Å². The molecule has 0 bridgehead atoms. The number of fused-ring (bicyclic) bond motifs is 1. The minimum atomic E-state index is -0.980. The quantitative estimate of drug-likeness (QED) is 0.194. The highest BCUT2D eigenvalue weighted by molar-refractivity contribution is 7.22. The number of benzene rings is 2. The maximum absolute atomic E-state index is 13.8. The second-order valence-corrected chi connectivity index (χ2v) is 10.3. The average molecular weight is 539 g/mol. The number of halogens is 1. The molecule has 37 heavy (non-hydrogen) atoms. The van der Waals surface area contributed by atoms with Crippen molar-refractivity contribution in [2.24, 2.45) is 0 Å². The number of aliphatic hydroxyl groups excluding tert-OH is 1. The van der Waals surface area contributed by atoms with Gasteiger partial charge in [0.05, 0.1) is 40.4 Å². The van der Waals surface area contributed by atoms with E-state index in [1.165, 1.54) is 41.5 Å². The molecule has 1 unspecified atom stereocenters. The molecule has 1 N–H and O–H groups in total. The topological polar surface area (TPSA) is 89.0 Å². The van der Waals surface area contributed by atoms with Crippen molar-refractivity contribution in [2.75, 3.05) is 18.6 Å². The number of ether oxygens (including phenoxy) is 2. The Morgan fingerprint density at radius 2 is 2.03 bits per heavy atom. The van der Waals surface area contributed by atoms with E-state index in [0.29, 0.717) is 38.8 Å². The van der Waals surface area contributed by atoms with Crippen LogP contribution in [-0.4, -0.2) is 35.5 Å². The van der Waals surface area contributed by atoms with Crippen LogP contribution in [0.2, 0.25) is 0 Å². The largest absolute Gasteiger partial charge is 0.503 e. The maximum atomic E-state index is 13.8. The van der Waals surface area contributed by atoms with Gasteiger partial charge in [-0.05, 0) is 53.8 Å². The Kier molecular flexibility index (Phi) is 6.94. The zero-order chi connectivity index (χ0) is 26.1. The van der Waals surface area contributed by atoms with Crippen LogP contribution in [-0.2, 0) is 4.79 Å². The van der Waals surface area contributed by atoms with Gasteiger partial charge in [-0.15, -0.1) is 11.3 Å². The van der Waals surface area contributed by atoms with E-state index in [4.69, 9.17) is 9.47 Å². The molecule has 2 aromatic carbocycles. The van der Waals surface area contributed by atoms with Crippen LogP contribution in [0, 0.1) is 5.82 Å². The molecule has 1 atom stereocenters. The fourth-order valence-corrected chi connectivity index (χ4v) is 5.87. The van der Waals surface area contributed by atoms with Gasteiger partial charge in [-0.3, -0.25) is 14.5 Å². The first kappa shape index (κ1) is 24.9. The number of aliphatic hydroxyl groups is 1. The minimum Gasteiger partial charge on any atom is -0.503 e. The highest BCUT2D eigenvalue weighted by Crippen LogP contribution is 2.46. The van der Waals surface area contributed by atoms with Gasteiger partial charge in [-0.25, -0.2) is 9.37 Å². The van der Waals surface area contributed by atoms with Crippen molar-refractivity contribution in [2.45, 2.75) is 25.8 Å². The minimum absolute atomic E-state index is 0.0559. The van der Waals surface area contributed by atoms with Gasteiger partial charge in [0.25, 0.3) is 5.91 Å². The predicted octanol–water partition coefficient (Wildman–Crippen LogP) is 6.47. The number of nitrogens with zero attached hydrogens (tertiary/aromatic N) is 2. The van der Waals surface area contributed by atoms with E-state index in [1.54, 1.807) is 35.7 Å². The van der Waals surface area contributed by atoms with E-state index >= 15 is 0 Å². The van der Waals surface area contributed by atoms with Crippen LogP contribution in [0.25, 0.3) is 10.2 Å². The van der Waals surface area contributed by atoms with Gasteiger partial charge in [0.15, 0.2) is 22.4 Å². The highest BCUT2D eigenvalue weighted by atomic mass is 32.1. The summed E-state index contributed by atoms with van der Waals surface area (Å²) in [5.41, 5.74) is 0.977. The Hall–Kier alpha value is -3.76. The van der Waals surface area contributed by atoms with Crippen molar-refractivity contribution < 1.29 is 28.6 Å². The van der Waals surface area contributed by atoms with Gasteiger partial charge in [-0.1, -0.05) is 36.8 Å². The second-order valence-electron chi connectivity index (χ2n) is 8.37. The van der Waals surface area contributed by atoms with E-state index in [2.05, 4.69) is 11.9 Å². The Morgan fingerprint density at radius 1 is 1.19 bits per heavy atom. The van der Waals surface area contributed by atoms with Crippen molar-refractivity contribution in [1.82, 2.24) is 4.98 Å². The van der Waals surface area contributed by atoms with E-state index < -0.39 is 29.3 Å². The Morgan fingerprint density at radius 3 is 2.76 bits per heavy atom. The van der Waals surface area contributed by atoms with Crippen LogP contribution < -0.4 is 14.4 Å². The standard InChI is InChI=1S/C27H23FN2O5S2/c1-3-4-11-35-18-10-7-15(13-19(18)34-2)23-22(24(31)20-6-5-12-36-20)25(32)26(33)30(23)27-29-17-9-8-16(28)14-21(17)37-27/h5-10,12-14,23,32H,3-4,11H2,1-2H3. The number of hydrogen-bond acceptors (Lipinski definition) is 8. The summed E-state index contributed by atoms with van der Waals surface area (Å²) in [7, 11) is 1.51. The van der Waals surface area contributed by atoms with Crippen molar-refractivity contribution in [3.05, 3.63) is 81.5 Å². The summed E-state index contributed by atoms with van der Waals surface area (Å²) >= 11 is 2.32. The molecule has 0 fully saturated rings. The van der Waals surface area contributed by atoms with Gasteiger partial charge in [0.2, 0.25) is 5.78 Å². The Balaban J connectivity index is 1.63. The molecule has 190 valence electrons. The van der Waals surface area contributed by atoms with Crippen molar-refractivity contribution >= 4 is 49.7 Å². The van der Waals surface area contributed by atoms with E-state index in [0.717, 1.165) is 24.2 Å². The first-order chi connectivity index (χ1) is 17.9. The summed E-state index contributed by atoms with van der Waals surface area (Å²) in [6, 6.07) is 11.7. The van der Waals surface area contributed by atoms with Gasteiger partial charge < -0.3 is 14.6 Å². The van der Waals surface area contributed by atoms with E-state index in [9.17, 15) is 19.1 Å². The number of thiophene rings is 1. The number of aromatic nitrogens is 1. The first-order valence-electron chi connectivity index (χ1n) is 11.6. The number of methoxy groups -OCH3 is 1. The van der Waals surface area contributed by atoms with Crippen LogP contribution in [0.5, 0.6) is 11.5 Å². The van der Waals surface area contributed by atoms with E-state index in [-0.39, 0.29) is 10.7 Å². The van der Waals surface area contributed by atoms with Crippen LogP contribution in [0.15, 0.2) is 65.2 Å². The third-order valence-electron chi connectivity index (χ3n) is 6.00. The number of rotatable bonds is 9. The summed E-state index contributed by atoms with van der Waals surface area (Å²) in [5, 5.41) is 13.0. The van der Waals surface area contributed by atoms with Crippen LogP contribution >= 0.6 is 22.7 Å². The molecule has 1 aliphatic heterocycles. The molecular weight excluding hydrogens is 515 g/mol. The molecule has 0 saturated carbocycles. The normalized spacial score (nSPS) is 15.6. The molecule has 1 amide bonds. The summed E-state index contributed by atoms with van der Waals surface area (Å²) in [6.07, 6.45) is 1.86. The molecule has 2 aromatic heterocycles. The second kappa shape index (κ2) is 10.3. The van der Waals surface area contributed by atoms with Crippen molar-refractivity contribution in [3.63, 3.8) is 0 Å². The average Bonchev–Trinajstić information content (AvgIpc) is 3.63. The number of carbonyl (C=O) groups is 2. The number of carbonyl (C=O) groups excluding carboxylic acids is 2. The zero-order valence-electron chi connectivity index (χ0n) is 20.1. The lowest BCUT2D eigenvalue weighted by Gasteiger charge is -2.25. The zero-order valence-corrected chi connectivity index (χ0v) is 21.7. The third kappa shape index (κ3) is 4.58. The van der Waals surface area contributed by atoms with Crippen LogP contribution in [0.3, 0.4) is 0 Å². The summed E-state index contributed by atoms with van der Waals surface area (Å²) in [5.74, 6) is -1.32. The lowest BCUT2D eigenvalue weighted by atomic mass is 9.95. The first-order valence-corrected chi connectivity index (χ1v) is 13.3. The molecule has 1 aliphatic rings. The number of unbranched alkanes of at least 4 members (excludes halogenated alkanes) is 1. The molecule has 3 heterocycles. The van der Waals surface area contributed by atoms with Crippen LogP contribution in [0.4, 0.5) is 9.52 Å². The number of ketones is 1. The lowest BCUT2D eigenvalue weighted by molar-refractivity contribution is -0.117. The molecule has 0 aliphatic carbocycles. The van der Waals surface area contributed by atoms with Gasteiger partial charge in [-0.2, -0.15) is 0 Å². The summed E-state index contributed by atoms with van der Waals surface area (Å²) < 4.78 is 25.8. The van der Waals surface area contributed by atoms with Crippen molar-refractivity contribution in [3.8, 4) is 11.5 Å². The van der Waals surface area contributed by atoms with Gasteiger partial charge in [0.1, 0.15) is 5.82 Å². The Bertz CT molecular complexity index is 1510. The summed E-state index contributed by atoms with van der Waals surface area (Å²) in [6.45, 7) is 2.59. The molecule has 5 rings (SSSR count). The molecule has 4 aromatic rings. The predicted molar refractivity (Wildman–Crippen MR) is 142 cm³/mol. The maximum Gasteiger partial charge on any atom is 0.296 e. The Labute approximate surface area is 220 Å². The number of anilines is 1. The smallest absolute Gasteiger partial charge is 0.296 e. The van der Waals surface area contributed by atoms with E-state index in [1.807, 2.05) is 0 Å². The van der Waals surface area contributed by atoms with Crippen LogP contribution in [0.1, 0.15) is 41.0 Å². The summed E-state index contributed by atoms with van der Waals surface area (Å²) in [4.78, 5) is 33.1. The molecule has 10 heteroatoms. The molecule has 0 saturated heterocycles. The highest BCUT2D eigenvalue weighted by Gasteiger charge is 2.46. The lowest BCUT2D eigenvalue weighted by Crippen LogP contribution is -2.31. The molecule has 0 radical (unpaired) electrons. The number of thiazole rings is 1. The van der Waals surface area contributed by atoms with Gasteiger partial charge >= 0.3 is 0 Å². The monoisotopic (exact) mass is 538 g/mol. The number of Topliss-reactive ketones (excluding diaryl/α,β-unsaturated/α-hetero) is 1. The fraction of sp³-hybridized carbons (Fsp3) is 0.222. The molecular formula is C27H23FN2O5S2. The van der Waals surface area contributed by atoms with Gasteiger partial charge in [0, 0.05) is 0 Å².